The summed E-state index contributed by atoms with van der Waals surface area (Å²) in [6.45, 7) is 6.33. The van der Waals surface area contributed by atoms with Gasteiger partial charge in [0.2, 0.25) is 0 Å². The molecule has 2 unspecified atom stereocenters. The maximum absolute atomic E-state index is 12.4. The van der Waals surface area contributed by atoms with Crippen molar-refractivity contribution in [3.8, 4) is 0 Å². The van der Waals surface area contributed by atoms with E-state index < -0.39 is 0 Å². The molecule has 0 spiro atoms. The van der Waals surface area contributed by atoms with Gasteiger partial charge in [-0.2, -0.15) is 0 Å². The summed E-state index contributed by atoms with van der Waals surface area (Å²) in [6.07, 6.45) is 4.76. The number of carbonyl (C=O) groups is 1. The third-order valence-electron chi connectivity index (χ3n) is 4.23. The number of nitrogens with two attached hydrogens (primary N) is 1. The Bertz CT molecular complexity index is 464. The zero-order valence-corrected chi connectivity index (χ0v) is 12.6. The Balaban J connectivity index is 2.09. The Kier molecular flexibility index (Phi) is 4.63. The molecule has 0 aliphatic heterocycles. The van der Waals surface area contributed by atoms with E-state index in [0.29, 0.717) is 23.2 Å². The van der Waals surface area contributed by atoms with Gasteiger partial charge in [-0.3, -0.25) is 4.79 Å². The van der Waals surface area contributed by atoms with Crippen molar-refractivity contribution >= 4 is 11.7 Å². The minimum Gasteiger partial charge on any atom is -0.384 e. The number of carbonyl (C=O) groups excluding carboxylic acids is 1. The van der Waals surface area contributed by atoms with Crippen molar-refractivity contribution in [1.82, 2.24) is 10.3 Å². The zero-order chi connectivity index (χ0) is 14.7. The molecule has 1 aliphatic carbocycles. The van der Waals surface area contributed by atoms with Gasteiger partial charge in [-0.1, -0.05) is 26.7 Å². The van der Waals surface area contributed by atoms with E-state index in [-0.39, 0.29) is 11.9 Å². The van der Waals surface area contributed by atoms with Crippen LogP contribution in [-0.4, -0.2) is 16.9 Å². The molecule has 1 heterocycles. The van der Waals surface area contributed by atoms with Crippen molar-refractivity contribution in [2.75, 3.05) is 5.73 Å². The second-order valence-electron chi connectivity index (χ2n) is 6.19. The van der Waals surface area contributed by atoms with Crippen LogP contribution in [0.4, 0.5) is 5.82 Å². The molecule has 1 amide bonds. The van der Waals surface area contributed by atoms with Crippen molar-refractivity contribution in [2.24, 2.45) is 11.8 Å². The summed E-state index contributed by atoms with van der Waals surface area (Å²) < 4.78 is 0. The highest BCUT2D eigenvalue weighted by atomic mass is 16.1. The first-order chi connectivity index (χ1) is 9.47. The molecular weight excluding hydrogens is 250 g/mol. The molecule has 1 aromatic heterocycles. The van der Waals surface area contributed by atoms with Crippen LogP contribution in [-0.2, 0) is 0 Å². The Morgan fingerprint density at radius 1 is 1.35 bits per heavy atom. The summed E-state index contributed by atoms with van der Waals surface area (Å²) >= 11 is 0. The van der Waals surface area contributed by atoms with Crippen molar-refractivity contribution in [2.45, 2.75) is 52.5 Å². The van der Waals surface area contributed by atoms with Crippen LogP contribution in [0, 0.1) is 18.8 Å². The number of aryl methyl sites for hydroxylation is 1. The van der Waals surface area contributed by atoms with Crippen LogP contribution in [0.1, 0.15) is 55.6 Å². The molecule has 0 radical (unpaired) electrons. The van der Waals surface area contributed by atoms with E-state index in [0.717, 1.165) is 12.1 Å². The van der Waals surface area contributed by atoms with Gasteiger partial charge >= 0.3 is 0 Å². The fraction of sp³-hybridized carbons (Fsp3) is 0.625. The van der Waals surface area contributed by atoms with Crippen molar-refractivity contribution < 1.29 is 4.79 Å². The van der Waals surface area contributed by atoms with Crippen LogP contribution >= 0.6 is 0 Å². The number of nitrogens with one attached hydrogen (secondary N) is 1. The predicted octanol–water partition coefficient (Wildman–Crippen LogP) is 2.92. The summed E-state index contributed by atoms with van der Waals surface area (Å²) in [7, 11) is 0. The van der Waals surface area contributed by atoms with Gasteiger partial charge in [0, 0.05) is 17.3 Å². The number of nitrogens with zero attached hydrogens (tertiary/aromatic N) is 1. The van der Waals surface area contributed by atoms with Crippen LogP contribution in [0.2, 0.25) is 0 Å². The molecule has 4 nitrogen and oxygen atoms in total. The number of hydrogen-bond donors (Lipinski definition) is 2. The van der Waals surface area contributed by atoms with Crippen molar-refractivity contribution in [3.63, 3.8) is 0 Å². The molecule has 20 heavy (non-hydrogen) atoms. The van der Waals surface area contributed by atoms with Crippen molar-refractivity contribution in [1.29, 1.82) is 0 Å². The maximum Gasteiger partial charge on any atom is 0.251 e. The number of nitrogen functional groups attached to an aromatic ring is 1. The largest absolute Gasteiger partial charge is 0.384 e. The molecule has 2 rings (SSSR count). The lowest BCUT2D eigenvalue weighted by atomic mass is 9.78. The average molecular weight is 275 g/mol. The van der Waals surface area contributed by atoms with Gasteiger partial charge in [0.25, 0.3) is 5.91 Å². The molecule has 4 heteroatoms. The molecule has 1 aliphatic rings. The minimum atomic E-state index is -0.0280. The number of anilines is 1. The topological polar surface area (TPSA) is 68.0 Å². The van der Waals surface area contributed by atoms with E-state index in [1.807, 2.05) is 6.92 Å². The zero-order valence-electron chi connectivity index (χ0n) is 12.6. The second-order valence-corrected chi connectivity index (χ2v) is 6.19. The van der Waals surface area contributed by atoms with Gasteiger partial charge in [-0.05, 0) is 43.7 Å². The van der Waals surface area contributed by atoms with E-state index >= 15 is 0 Å². The molecule has 1 aromatic rings. The average Bonchev–Trinajstić information content (AvgIpc) is 2.37. The van der Waals surface area contributed by atoms with E-state index in [2.05, 4.69) is 24.1 Å². The molecule has 0 bridgehead atoms. The third-order valence-corrected chi connectivity index (χ3v) is 4.23. The second kappa shape index (κ2) is 6.25. The number of amides is 1. The monoisotopic (exact) mass is 275 g/mol. The number of hydrogen-bond acceptors (Lipinski definition) is 3. The van der Waals surface area contributed by atoms with E-state index in [1.165, 1.54) is 19.3 Å². The molecule has 1 fully saturated rings. The molecule has 2 atom stereocenters. The SMILES string of the molecule is Cc1cc(C(=O)NC2CCCCC2C(C)C)cc(N)n1. The van der Waals surface area contributed by atoms with E-state index in [4.69, 9.17) is 5.73 Å². The molecule has 0 saturated heterocycles. The predicted molar refractivity (Wildman–Crippen MR) is 81.4 cm³/mol. The molecule has 0 aromatic carbocycles. The van der Waals surface area contributed by atoms with E-state index in [9.17, 15) is 4.79 Å². The number of rotatable bonds is 3. The van der Waals surface area contributed by atoms with Crippen LogP contribution in [0.3, 0.4) is 0 Å². The fourth-order valence-corrected chi connectivity index (χ4v) is 3.21. The Morgan fingerprint density at radius 3 is 2.70 bits per heavy atom. The number of aromatic nitrogens is 1. The molecular formula is C16H25N3O. The smallest absolute Gasteiger partial charge is 0.251 e. The van der Waals surface area contributed by atoms with Gasteiger partial charge < -0.3 is 11.1 Å². The first-order valence-electron chi connectivity index (χ1n) is 7.52. The lowest BCUT2D eigenvalue weighted by Gasteiger charge is -2.34. The first-order valence-corrected chi connectivity index (χ1v) is 7.52. The lowest BCUT2D eigenvalue weighted by molar-refractivity contribution is 0.0889. The summed E-state index contributed by atoms with van der Waals surface area (Å²) in [5.74, 6) is 1.55. The Hall–Kier alpha value is -1.58. The van der Waals surface area contributed by atoms with Gasteiger partial charge in [0.05, 0.1) is 0 Å². The number of pyridine rings is 1. The maximum atomic E-state index is 12.4. The van der Waals surface area contributed by atoms with Crippen LogP contribution in [0.25, 0.3) is 0 Å². The third kappa shape index (κ3) is 3.50. The minimum absolute atomic E-state index is 0.0280. The molecule has 1 saturated carbocycles. The first kappa shape index (κ1) is 14.8. The standard InChI is InChI=1S/C16H25N3O/c1-10(2)13-6-4-5-7-14(13)19-16(20)12-8-11(3)18-15(17)9-12/h8-10,13-14H,4-7H2,1-3H3,(H2,17,18)(H,19,20). The summed E-state index contributed by atoms with van der Waals surface area (Å²) in [5.41, 5.74) is 7.11. The summed E-state index contributed by atoms with van der Waals surface area (Å²) in [6, 6.07) is 3.72. The van der Waals surface area contributed by atoms with Crippen molar-refractivity contribution in [3.05, 3.63) is 23.4 Å². The molecule has 3 N–H and O–H groups in total. The Morgan fingerprint density at radius 2 is 2.05 bits per heavy atom. The summed E-state index contributed by atoms with van der Waals surface area (Å²) in [5, 5.41) is 3.20. The van der Waals surface area contributed by atoms with Crippen LogP contribution < -0.4 is 11.1 Å². The van der Waals surface area contributed by atoms with Crippen LogP contribution in [0.15, 0.2) is 12.1 Å². The van der Waals surface area contributed by atoms with Crippen LogP contribution in [0.5, 0.6) is 0 Å². The normalized spacial score (nSPS) is 22.8. The van der Waals surface area contributed by atoms with E-state index in [1.54, 1.807) is 12.1 Å². The van der Waals surface area contributed by atoms with Gasteiger partial charge in [-0.15, -0.1) is 0 Å². The van der Waals surface area contributed by atoms with Gasteiger partial charge in [0.15, 0.2) is 0 Å². The molecule has 110 valence electrons. The fourth-order valence-electron chi connectivity index (χ4n) is 3.21. The van der Waals surface area contributed by atoms with Gasteiger partial charge in [-0.25, -0.2) is 4.98 Å². The van der Waals surface area contributed by atoms with Gasteiger partial charge in [0.1, 0.15) is 5.82 Å². The quantitative estimate of drug-likeness (QED) is 0.891. The Labute approximate surface area is 121 Å². The highest BCUT2D eigenvalue weighted by molar-refractivity contribution is 5.95. The highest BCUT2D eigenvalue weighted by Gasteiger charge is 2.28. The summed E-state index contributed by atoms with van der Waals surface area (Å²) in [4.78, 5) is 16.5. The lowest BCUT2D eigenvalue weighted by Crippen LogP contribution is -2.44. The highest BCUT2D eigenvalue weighted by Crippen LogP contribution is 2.30.